The third kappa shape index (κ3) is 5.45. The van der Waals surface area contributed by atoms with Gasteiger partial charge in [0.2, 0.25) is 11.8 Å². The van der Waals surface area contributed by atoms with Crippen LogP contribution < -0.4 is 25.4 Å². The second kappa shape index (κ2) is 11.3. The summed E-state index contributed by atoms with van der Waals surface area (Å²) >= 11 is 12.8. The molecular weight excluding hydrogens is 543 g/mol. The predicted molar refractivity (Wildman–Crippen MR) is 149 cm³/mol. The van der Waals surface area contributed by atoms with Gasteiger partial charge >= 0.3 is 0 Å². The van der Waals surface area contributed by atoms with E-state index in [0.717, 1.165) is 31.5 Å². The third-order valence-corrected chi connectivity index (χ3v) is 7.57. The monoisotopic (exact) mass is 570 g/mol. The van der Waals surface area contributed by atoms with Gasteiger partial charge in [-0.25, -0.2) is 4.98 Å². The number of halogens is 2. The number of aromatic nitrogens is 2. The van der Waals surface area contributed by atoms with E-state index < -0.39 is 0 Å². The normalized spacial score (nSPS) is 17.1. The van der Waals surface area contributed by atoms with Gasteiger partial charge in [-0.3, -0.25) is 9.59 Å². The molecule has 0 radical (unpaired) electrons. The number of nitrogens with one attached hydrogen (secondary N) is 3. The summed E-state index contributed by atoms with van der Waals surface area (Å²) in [6.45, 7) is 3.67. The second-order valence-corrected chi connectivity index (χ2v) is 10.2. The molecule has 2 aliphatic heterocycles. The number of piperidine rings is 1. The molecule has 204 valence electrons. The van der Waals surface area contributed by atoms with Crippen LogP contribution in [-0.4, -0.2) is 60.0 Å². The van der Waals surface area contributed by atoms with E-state index in [-0.39, 0.29) is 45.8 Å². The number of benzene rings is 2. The van der Waals surface area contributed by atoms with Crippen molar-refractivity contribution in [3.63, 3.8) is 0 Å². The Morgan fingerprint density at radius 3 is 2.67 bits per heavy atom. The highest BCUT2D eigenvalue weighted by atomic mass is 35.5. The molecule has 0 bridgehead atoms. The first-order valence-electron chi connectivity index (χ1n) is 12.5. The van der Waals surface area contributed by atoms with E-state index in [2.05, 4.69) is 25.9 Å². The predicted octanol–water partition coefficient (Wildman–Crippen LogP) is 4.96. The van der Waals surface area contributed by atoms with E-state index in [1.54, 1.807) is 30.1 Å². The lowest BCUT2D eigenvalue weighted by Crippen LogP contribution is -2.42. The summed E-state index contributed by atoms with van der Waals surface area (Å²) in [6, 6.07) is 8.59. The Kier molecular flexibility index (Phi) is 7.79. The van der Waals surface area contributed by atoms with Gasteiger partial charge in [0.05, 0.1) is 41.2 Å². The van der Waals surface area contributed by atoms with Crippen molar-refractivity contribution in [3.05, 3.63) is 63.3 Å². The number of hydrogen-bond acceptors (Lipinski definition) is 8. The van der Waals surface area contributed by atoms with Crippen molar-refractivity contribution in [3.8, 4) is 17.4 Å². The van der Waals surface area contributed by atoms with Gasteiger partial charge in [0.1, 0.15) is 16.5 Å². The van der Waals surface area contributed by atoms with E-state index in [1.165, 1.54) is 13.3 Å². The first-order chi connectivity index (χ1) is 18.8. The molecule has 1 fully saturated rings. The fourth-order valence-corrected chi connectivity index (χ4v) is 5.08. The lowest BCUT2D eigenvalue weighted by molar-refractivity contribution is 0.0782. The van der Waals surface area contributed by atoms with Crippen molar-refractivity contribution >= 4 is 46.7 Å². The molecule has 0 spiro atoms. The van der Waals surface area contributed by atoms with Crippen LogP contribution in [0.4, 0.5) is 11.6 Å². The summed E-state index contributed by atoms with van der Waals surface area (Å²) in [6.07, 6.45) is 3.10. The van der Waals surface area contributed by atoms with Gasteiger partial charge in [-0.2, -0.15) is 4.98 Å². The molecule has 3 heterocycles. The minimum atomic E-state index is -0.264. The highest BCUT2D eigenvalue weighted by Gasteiger charge is 2.34. The molecule has 1 aromatic heterocycles. The summed E-state index contributed by atoms with van der Waals surface area (Å²) in [5, 5.41) is 9.77. The zero-order valence-corrected chi connectivity index (χ0v) is 23.2. The number of anilines is 2. The standard InChI is InChI=1S/C27H28Cl2N6O4/c1-14-16-5-4-6-21(23(16)26(37)35(14)2)39-25-19(29)13-31-27(34-25)33-20-12-18(28)17(11-22(20)38-3)24(36)32-15-7-9-30-10-8-15/h4-6,11-15,30H,7-10H2,1-3H3,(H,32,36)(H,31,33,34)/t14-/m0/s1. The quantitative estimate of drug-likeness (QED) is 0.365. The number of hydrogen-bond donors (Lipinski definition) is 3. The van der Waals surface area contributed by atoms with Crippen molar-refractivity contribution in [1.29, 1.82) is 0 Å². The van der Waals surface area contributed by atoms with E-state index in [9.17, 15) is 9.59 Å². The van der Waals surface area contributed by atoms with E-state index in [4.69, 9.17) is 32.7 Å². The number of methoxy groups -OCH3 is 1. The number of nitrogens with zero attached hydrogens (tertiary/aromatic N) is 3. The highest BCUT2D eigenvalue weighted by Crippen LogP contribution is 2.40. The molecule has 3 aromatic rings. The summed E-state index contributed by atoms with van der Waals surface area (Å²) in [7, 11) is 3.24. The van der Waals surface area contributed by atoms with Crippen LogP contribution in [0.15, 0.2) is 36.5 Å². The number of fused-ring (bicyclic) bond motifs is 1. The van der Waals surface area contributed by atoms with Gasteiger partial charge < -0.3 is 30.3 Å². The van der Waals surface area contributed by atoms with Crippen LogP contribution in [-0.2, 0) is 0 Å². The van der Waals surface area contributed by atoms with Gasteiger partial charge in [-0.15, -0.1) is 0 Å². The minimum absolute atomic E-state index is 0.0700. The highest BCUT2D eigenvalue weighted by molar-refractivity contribution is 6.34. The Morgan fingerprint density at radius 1 is 1.15 bits per heavy atom. The molecular formula is C27H28Cl2N6O4. The smallest absolute Gasteiger partial charge is 0.258 e. The number of amides is 2. The minimum Gasteiger partial charge on any atom is -0.495 e. The molecule has 0 aliphatic carbocycles. The number of carbonyl (C=O) groups excluding carboxylic acids is 2. The van der Waals surface area contributed by atoms with E-state index >= 15 is 0 Å². The molecule has 2 aromatic carbocycles. The van der Waals surface area contributed by atoms with Crippen molar-refractivity contribution in [2.24, 2.45) is 0 Å². The average Bonchev–Trinajstić information content (AvgIpc) is 3.15. The maximum atomic E-state index is 12.9. The van der Waals surface area contributed by atoms with Gasteiger partial charge in [0.25, 0.3) is 11.8 Å². The maximum absolute atomic E-state index is 12.9. The molecule has 2 amide bonds. The Bertz CT molecular complexity index is 1430. The molecule has 3 N–H and O–H groups in total. The van der Waals surface area contributed by atoms with Crippen LogP contribution in [0.2, 0.25) is 10.0 Å². The number of ether oxygens (including phenoxy) is 2. The van der Waals surface area contributed by atoms with Gasteiger partial charge in [-0.05, 0) is 56.6 Å². The largest absolute Gasteiger partial charge is 0.495 e. The van der Waals surface area contributed by atoms with E-state index in [0.29, 0.717) is 28.3 Å². The molecule has 12 heteroatoms. The van der Waals surface area contributed by atoms with Crippen LogP contribution >= 0.6 is 23.2 Å². The lowest BCUT2D eigenvalue weighted by Gasteiger charge is -2.24. The zero-order valence-electron chi connectivity index (χ0n) is 21.7. The molecule has 2 aliphatic rings. The Hall–Kier alpha value is -3.60. The van der Waals surface area contributed by atoms with Crippen LogP contribution in [0.5, 0.6) is 17.4 Å². The fraction of sp³-hybridized carbons (Fsp3) is 0.333. The van der Waals surface area contributed by atoms with Crippen molar-refractivity contribution < 1.29 is 19.1 Å². The van der Waals surface area contributed by atoms with Gasteiger partial charge in [0, 0.05) is 13.1 Å². The molecule has 0 saturated carbocycles. The van der Waals surface area contributed by atoms with Crippen molar-refractivity contribution in [2.75, 3.05) is 32.6 Å². The molecule has 5 rings (SSSR count). The third-order valence-electron chi connectivity index (χ3n) is 7.00. The van der Waals surface area contributed by atoms with Gasteiger partial charge in [0.15, 0.2) is 0 Å². The Labute approximate surface area is 236 Å². The van der Waals surface area contributed by atoms with Gasteiger partial charge in [-0.1, -0.05) is 35.3 Å². The van der Waals surface area contributed by atoms with Crippen LogP contribution in [0, 0.1) is 0 Å². The molecule has 1 saturated heterocycles. The van der Waals surface area contributed by atoms with Crippen molar-refractivity contribution in [1.82, 2.24) is 25.5 Å². The topological polar surface area (TPSA) is 118 Å². The first-order valence-corrected chi connectivity index (χ1v) is 13.3. The summed E-state index contributed by atoms with van der Waals surface area (Å²) in [5.41, 5.74) is 2.09. The summed E-state index contributed by atoms with van der Waals surface area (Å²) < 4.78 is 11.5. The van der Waals surface area contributed by atoms with Crippen molar-refractivity contribution in [2.45, 2.75) is 31.8 Å². The molecule has 0 unspecified atom stereocenters. The average molecular weight is 571 g/mol. The molecule has 1 atom stereocenters. The lowest BCUT2D eigenvalue weighted by atomic mass is 10.1. The fourth-order valence-electron chi connectivity index (χ4n) is 4.70. The van der Waals surface area contributed by atoms with Crippen LogP contribution in [0.25, 0.3) is 0 Å². The zero-order chi connectivity index (χ0) is 27.7. The first kappa shape index (κ1) is 27.0. The Morgan fingerprint density at radius 2 is 1.92 bits per heavy atom. The SMILES string of the molecule is COc1cc(C(=O)NC2CCNCC2)c(Cl)cc1Nc1ncc(Cl)c(Oc2cccc3c2C(=O)N(C)[C@H]3C)n1. The van der Waals surface area contributed by atoms with Crippen LogP contribution in [0.3, 0.4) is 0 Å². The second-order valence-electron chi connectivity index (χ2n) is 9.42. The van der Waals surface area contributed by atoms with Crippen LogP contribution in [0.1, 0.15) is 52.1 Å². The summed E-state index contributed by atoms with van der Waals surface area (Å²) in [5.74, 6) is 0.547. The number of carbonyl (C=O) groups is 2. The molecule has 39 heavy (non-hydrogen) atoms. The number of rotatable bonds is 7. The molecule has 10 nitrogen and oxygen atoms in total. The Balaban J connectivity index is 1.38. The van der Waals surface area contributed by atoms with E-state index in [1.807, 2.05) is 19.1 Å². The maximum Gasteiger partial charge on any atom is 0.258 e. The summed E-state index contributed by atoms with van der Waals surface area (Å²) in [4.78, 5) is 36.0.